The quantitative estimate of drug-likeness (QED) is 0.428. The van der Waals surface area contributed by atoms with Gasteiger partial charge in [-0.15, -0.1) is 0 Å². The van der Waals surface area contributed by atoms with Crippen molar-refractivity contribution in [3.63, 3.8) is 0 Å². The van der Waals surface area contributed by atoms with Gasteiger partial charge in [-0.1, -0.05) is 30.2 Å². The molecule has 3 aromatic rings. The highest BCUT2D eigenvalue weighted by atomic mass is 16.5. The first-order valence-electron chi connectivity index (χ1n) is 12.2. The molecule has 2 N–H and O–H groups in total. The van der Waals surface area contributed by atoms with E-state index in [-0.39, 0.29) is 23.7 Å². The number of hydrogen-bond donors (Lipinski definition) is 1. The highest BCUT2D eigenvalue weighted by molar-refractivity contribution is 6.13. The first kappa shape index (κ1) is 23.3. The number of nitrogens with two attached hydrogens (primary N) is 1. The van der Waals surface area contributed by atoms with Gasteiger partial charge >= 0.3 is 0 Å². The van der Waals surface area contributed by atoms with Gasteiger partial charge in [0.25, 0.3) is 0 Å². The van der Waals surface area contributed by atoms with Crippen molar-refractivity contribution in [3.8, 4) is 11.8 Å². The van der Waals surface area contributed by atoms with Gasteiger partial charge in [0.1, 0.15) is 29.3 Å². The Labute approximate surface area is 205 Å². The molecule has 0 amide bonds. The summed E-state index contributed by atoms with van der Waals surface area (Å²) in [6.45, 7) is 2.69. The number of anilines is 1. The Kier molecular flexibility index (Phi) is 6.16. The van der Waals surface area contributed by atoms with Gasteiger partial charge in [-0.05, 0) is 49.7 Å². The minimum absolute atomic E-state index is 0.0536. The summed E-state index contributed by atoms with van der Waals surface area (Å²) in [5, 5.41) is 0.588. The molecule has 7 nitrogen and oxygen atoms in total. The number of hydrogen-bond acceptors (Lipinski definition) is 6. The summed E-state index contributed by atoms with van der Waals surface area (Å²) >= 11 is 0. The molecule has 180 valence electrons. The Bertz CT molecular complexity index is 1350. The summed E-state index contributed by atoms with van der Waals surface area (Å²) < 4.78 is 7.29. The van der Waals surface area contributed by atoms with Gasteiger partial charge in [0, 0.05) is 37.8 Å². The van der Waals surface area contributed by atoms with E-state index in [0.717, 1.165) is 36.8 Å². The van der Waals surface area contributed by atoms with Crippen LogP contribution in [-0.4, -0.2) is 33.2 Å². The molecule has 0 atom stereocenters. The van der Waals surface area contributed by atoms with Crippen LogP contribution in [0.2, 0.25) is 0 Å². The molecule has 2 saturated carbocycles. The maximum Gasteiger partial charge on any atom is 0.170 e. The Morgan fingerprint density at radius 1 is 1.17 bits per heavy atom. The van der Waals surface area contributed by atoms with E-state index < -0.39 is 0 Å². The summed E-state index contributed by atoms with van der Waals surface area (Å²) in [6.07, 6.45) is 6.33. The fraction of sp³-hybridized carbons (Fsp3) is 0.429. The van der Waals surface area contributed by atoms with Crippen molar-refractivity contribution in [2.75, 3.05) is 12.8 Å². The predicted octanol–water partition coefficient (Wildman–Crippen LogP) is 4.21. The molecule has 2 aliphatic carbocycles. The van der Waals surface area contributed by atoms with Gasteiger partial charge in [0.05, 0.1) is 17.6 Å². The van der Waals surface area contributed by atoms with Crippen LogP contribution in [0.5, 0.6) is 0 Å². The van der Waals surface area contributed by atoms with Gasteiger partial charge in [-0.3, -0.25) is 9.59 Å². The molecule has 0 unspecified atom stereocenters. The van der Waals surface area contributed by atoms with Crippen LogP contribution < -0.4 is 5.73 Å². The van der Waals surface area contributed by atoms with Crippen molar-refractivity contribution in [1.82, 2.24) is 14.5 Å². The van der Waals surface area contributed by atoms with Gasteiger partial charge in [0.2, 0.25) is 0 Å². The number of aromatic nitrogens is 3. The van der Waals surface area contributed by atoms with Crippen LogP contribution in [0.15, 0.2) is 30.6 Å². The fourth-order valence-corrected chi connectivity index (χ4v) is 4.90. The number of rotatable bonds is 6. The standard InChI is InChI=1S/C28H30N4O3/c1-28(13-14-28)32-22(12-9-18-7-10-21(33)11-8-18)24(25-26(29)30-17-31-27(25)32)23(34)15-19-3-5-20(6-4-19)16-35-2/h3-6,17-18H,7-8,10-11,13-16H2,1-2H3,(H2,29,30,31). The van der Waals surface area contributed by atoms with Gasteiger partial charge < -0.3 is 15.0 Å². The van der Waals surface area contributed by atoms with Crippen molar-refractivity contribution in [3.05, 3.63) is 53.0 Å². The van der Waals surface area contributed by atoms with Crippen LogP contribution in [0, 0.1) is 17.8 Å². The second kappa shape index (κ2) is 9.27. The number of fused-ring (bicyclic) bond motifs is 1. The Morgan fingerprint density at radius 2 is 1.86 bits per heavy atom. The van der Waals surface area contributed by atoms with Crippen LogP contribution in [0.3, 0.4) is 0 Å². The van der Waals surface area contributed by atoms with E-state index in [9.17, 15) is 9.59 Å². The van der Waals surface area contributed by atoms with Crippen LogP contribution in [0.1, 0.15) is 72.6 Å². The number of Topliss-reactive ketones (excluding diaryl/α,β-unsaturated/α-hetero) is 2. The molecule has 0 radical (unpaired) electrons. The number of ether oxygens (including phenoxy) is 1. The molecule has 7 heteroatoms. The zero-order valence-electron chi connectivity index (χ0n) is 20.3. The topological polar surface area (TPSA) is 100 Å². The summed E-state index contributed by atoms with van der Waals surface area (Å²) in [5.74, 6) is 7.43. The second-order valence-electron chi connectivity index (χ2n) is 9.95. The average molecular weight is 471 g/mol. The van der Waals surface area contributed by atoms with Crippen LogP contribution in [0.4, 0.5) is 5.82 Å². The molecule has 2 fully saturated rings. The number of nitrogen functional groups attached to an aromatic ring is 1. The number of nitrogens with zero attached hydrogens (tertiary/aromatic N) is 3. The molecule has 0 spiro atoms. The van der Waals surface area contributed by atoms with E-state index in [1.54, 1.807) is 7.11 Å². The number of ketones is 2. The monoisotopic (exact) mass is 470 g/mol. The zero-order valence-corrected chi connectivity index (χ0v) is 20.3. The molecular formula is C28H30N4O3. The Balaban J connectivity index is 1.59. The fourth-order valence-electron chi connectivity index (χ4n) is 4.90. The average Bonchev–Trinajstić information content (AvgIpc) is 3.48. The molecule has 0 saturated heterocycles. The largest absolute Gasteiger partial charge is 0.383 e. The summed E-state index contributed by atoms with van der Waals surface area (Å²) in [6, 6.07) is 7.86. The lowest BCUT2D eigenvalue weighted by molar-refractivity contribution is -0.120. The third-order valence-electron chi connectivity index (χ3n) is 7.21. The summed E-state index contributed by atoms with van der Waals surface area (Å²) in [5.41, 5.74) is 9.99. The number of carbonyl (C=O) groups excluding carboxylic acids is 2. The van der Waals surface area contributed by atoms with Gasteiger partial charge in [0.15, 0.2) is 5.78 Å². The molecule has 0 aliphatic heterocycles. The van der Waals surface area contributed by atoms with Crippen molar-refractivity contribution in [2.24, 2.45) is 5.92 Å². The normalized spacial score (nSPS) is 17.3. The van der Waals surface area contributed by atoms with E-state index in [1.807, 2.05) is 24.3 Å². The van der Waals surface area contributed by atoms with Gasteiger partial charge in [-0.2, -0.15) is 0 Å². The second-order valence-corrected chi connectivity index (χ2v) is 9.95. The van der Waals surface area contributed by atoms with E-state index in [4.69, 9.17) is 10.5 Å². The van der Waals surface area contributed by atoms with Crippen LogP contribution >= 0.6 is 0 Å². The third kappa shape index (κ3) is 4.59. The predicted molar refractivity (Wildman–Crippen MR) is 134 cm³/mol. The lowest BCUT2D eigenvalue weighted by atomic mass is 9.89. The third-order valence-corrected chi connectivity index (χ3v) is 7.21. The highest BCUT2D eigenvalue weighted by Gasteiger charge is 2.43. The van der Waals surface area contributed by atoms with E-state index in [1.165, 1.54) is 6.33 Å². The minimum atomic E-state index is -0.147. The smallest absolute Gasteiger partial charge is 0.170 e. The molecule has 2 heterocycles. The molecular weight excluding hydrogens is 440 g/mol. The van der Waals surface area contributed by atoms with Crippen LogP contribution in [0.25, 0.3) is 11.0 Å². The first-order valence-corrected chi connectivity index (χ1v) is 12.2. The van der Waals surface area contributed by atoms with E-state index in [2.05, 4.69) is 33.3 Å². The molecule has 0 bridgehead atoms. The maximum atomic E-state index is 13.8. The van der Waals surface area contributed by atoms with Crippen LogP contribution in [-0.2, 0) is 28.1 Å². The Hall–Kier alpha value is -3.50. The number of benzene rings is 1. The summed E-state index contributed by atoms with van der Waals surface area (Å²) in [4.78, 5) is 34.2. The minimum Gasteiger partial charge on any atom is -0.383 e. The van der Waals surface area contributed by atoms with Crippen molar-refractivity contribution in [1.29, 1.82) is 0 Å². The Morgan fingerprint density at radius 3 is 2.51 bits per heavy atom. The molecule has 1 aromatic carbocycles. The highest BCUT2D eigenvalue weighted by Crippen LogP contribution is 2.47. The van der Waals surface area contributed by atoms with E-state index >= 15 is 0 Å². The number of carbonyl (C=O) groups is 2. The first-order chi connectivity index (χ1) is 16.9. The molecule has 2 aliphatic rings. The molecule has 2 aromatic heterocycles. The van der Waals surface area contributed by atoms with E-state index in [0.29, 0.717) is 53.3 Å². The molecule has 35 heavy (non-hydrogen) atoms. The number of methoxy groups -OCH3 is 1. The van der Waals surface area contributed by atoms with Gasteiger partial charge in [-0.25, -0.2) is 9.97 Å². The van der Waals surface area contributed by atoms with Crippen molar-refractivity contribution in [2.45, 2.75) is 64.0 Å². The van der Waals surface area contributed by atoms with Crippen molar-refractivity contribution >= 4 is 28.4 Å². The lowest BCUT2D eigenvalue weighted by Crippen LogP contribution is -2.17. The summed E-state index contributed by atoms with van der Waals surface area (Å²) in [7, 11) is 1.66. The van der Waals surface area contributed by atoms with Crippen molar-refractivity contribution < 1.29 is 14.3 Å². The lowest BCUT2D eigenvalue weighted by Gasteiger charge is -2.16. The molecule has 5 rings (SSSR count). The maximum absolute atomic E-state index is 13.8. The zero-order chi connectivity index (χ0) is 24.6. The SMILES string of the molecule is COCc1ccc(CC(=O)c2c(C#CC3CCC(=O)CC3)n(C3(C)CC3)c3ncnc(N)c23)cc1.